The summed E-state index contributed by atoms with van der Waals surface area (Å²) in [5.74, 6) is -0.642. The molecule has 1 amide bonds. The molecular weight excluding hydrogens is 373 g/mol. The van der Waals surface area contributed by atoms with Crippen LogP contribution in [-0.2, 0) is 4.79 Å². The molecule has 1 N–H and O–H groups in total. The van der Waals surface area contributed by atoms with Crippen LogP contribution in [0.3, 0.4) is 0 Å². The monoisotopic (exact) mass is 387 g/mol. The van der Waals surface area contributed by atoms with Crippen LogP contribution in [0.5, 0.6) is 0 Å². The van der Waals surface area contributed by atoms with Crippen molar-refractivity contribution >= 4 is 35.0 Å². The lowest BCUT2D eigenvalue weighted by Crippen LogP contribution is -2.14. The molecule has 0 spiro atoms. The van der Waals surface area contributed by atoms with Gasteiger partial charge in [-0.25, -0.2) is 14.4 Å². The third kappa shape index (κ3) is 4.80. The van der Waals surface area contributed by atoms with Crippen LogP contribution in [0.25, 0.3) is 11.3 Å². The van der Waals surface area contributed by atoms with E-state index in [4.69, 9.17) is 11.6 Å². The van der Waals surface area contributed by atoms with Gasteiger partial charge in [-0.2, -0.15) is 0 Å². The summed E-state index contributed by atoms with van der Waals surface area (Å²) in [6.45, 7) is 1.89. The SMILES string of the molecule is Cc1cc(-c2ccccc2)nc(SCC(=O)Nc2ccc(F)c(Cl)c2)n1. The number of nitrogens with zero attached hydrogens (tertiary/aromatic N) is 2. The second-order valence-electron chi connectivity index (χ2n) is 5.51. The van der Waals surface area contributed by atoms with E-state index in [2.05, 4.69) is 15.3 Å². The number of hydrogen-bond donors (Lipinski definition) is 1. The maximum Gasteiger partial charge on any atom is 0.234 e. The summed E-state index contributed by atoms with van der Waals surface area (Å²) >= 11 is 6.95. The Kier molecular flexibility index (Phi) is 5.85. The number of carbonyl (C=O) groups excluding carboxylic acids is 1. The first-order valence-electron chi connectivity index (χ1n) is 7.80. The first kappa shape index (κ1) is 18.4. The van der Waals surface area contributed by atoms with E-state index in [0.29, 0.717) is 10.8 Å². The molecule has 0 saturated carbocycles. The predicted molar refractivity (Wildman–Crippen MR) is 103 cm³/mol. The number of anilines is 1. The van der Waals surface area contributed by atoms with Gasteiger partial charge in [0.1, 0.15) is 5.82 Å². The number of halogens is 2. The van der Waals surface area contributed by atoms with Gasteiger partial charge in [-0.1, -0.05) is 53.7 Å². The van der Waals surface area contributed by atoms with Crippen molar-refractivity contribution in [3.63, 3.8) is 0 Å². The Morgan fingerprint density at radius 2 is 1.92 bits per heavy atom. The first-order valence-corrected chi connectivity index (χ1v) is 9.16. The lowest BCUT2D eigenvalue weighted by Gasteiger charge is -2.07. The number of hydrogen-bond acceptors (Lipinski definition) is 4. The fraction of sp³-hybridized carbons (Fsp3) is 0.105. The summed E-state index contributed by atoms with van der Waals surface area (Å²) < 4.78 is 13.2. The highest BCUT2D eigenvalue weighted by molar-refractivity contribution is 7.99. The standard InChI is InChI=1S/C19H15ClFN3OS/c1-12-9-17(13-5-3-2-4-6-13)24-19(22-12)26-11-18(25)23-14-7-8-16(21)15(20)10-14/h2-10H,11H2,1H3,(H,23,25). The molecule has 0 aliphatic carbocycles. The smallest absolute Gasteiger partial charge is 0.234 e. The maximum atomic E-state index is 13.2. The topological polar surface area (TPSA) is 54.9 Å². The van der Waals surface area contributed by atoms with Crippen molar-refractivity contribution in [2.75, 3.05) is 11.1 Å². The van der Waals surface area contributed by atoms with E-state index in [0.717, 1.165) is 17.0 Å². The number of aromatic nitrogens is 2. The number of benzene rings is 2. The highest BCUT2D eigenvalue weighted by Gasteiger charge is 2.09. The van der Waals surface area contributed by atoms with Crippen molar-refractivity contribution in [2.45, 2.75) is 12.1 Å². The van der Waals surface area contributed by atoms with Gasteiger partial charge >= 0.3 is 0 Å². The molecule has 0 atom stereocenters. The van der Waals surface area contributed by atoms with Crippen LogP contribution >= 0.6 is 23.4 Å². The van der Waals surface area contributed by atoms with Crippen LogP contribution in [0.15, 0.2) is 59.8 Å². The van der Waals surface area contributed by atoms with Crippen LogP contribution < -0.4 is 5.32 Å². The molecule has 1 aromatic heterocycles. The van der Waals surface area contributed by atoms with Crippen molar-refractivity contribution in [3.05, 3.63) is 71.1 Å². The summed E-state index contributed by atoms with van der Waals surface area (Å²) in [5, 5.41) is 3.16. The van der Waals surface area contributed by atoms with Crippen LogP contribution in [0.4, 0.5) is 10.1 Å². The molecule has 0 fully saturated rings. The summed E-state index contributed by atoms with van der Waals surface area (Å²) in [6, 6.07) is 15.7. The van der Waals surface area contributed by atoms with Gasteiger partial charge in [-0.15, -0.1) is 0 Å². The van der Waals surface area contributed by atoms with Gasteiger partial charge in [0.05, 0.1) is 16.5 Å². The zero-order valence-corrected chi connectivity index (χ0v) is 15.4. The number of thioether (sulfide) groups is 1. The first-order chi connectivity index (χ1) is 12.5. The minimum Gasteiger partial charge on any atom is -0.325 e. The van der Waals surface area contributed by atoms with Crippen molar-refractivity contribution in [1.29, 1.82) is 0 Å². The van der Waals surface area contributed by atoms with Gasteiger partial charge in [0, 0.05) is 16.9 Å². The Bertz CT molecular complexity index is 937. The fourth-order valence-electron chi connectivity index (χ4n) is 2.26. The number of amides is 1. The minimum atomic E-state index is -0.527. The molecule has 0 saturated heterocycles. The molecule has 132 valence electrons. The lowest BCUT2D eigenvalue weighted by molar-refractivity contribution is -0.113. The Morgan fingerprint density at radius 3 is 2.65 bits per heavy atom. The average molecular weight is 388 g/mol. The zero-order valence-electron chi connectivity index (χ0n) is 13.9. The second-order valence-corrected chi connectivity index (χ2v) is 6.86. The minimum absolute atomic E-state index is 0.0371. The molecule has 0 unspecified atom stereocenters. The fourth-order valence-corrected chi connectivity index (χ4v) is 3.15. The normalized spacial score (nSPS) is 10.6. The number of carbonyl (C=O) groups is 1. The highest BCUT2D eigenvalue weighted by atomic mass is 35.5. The maximum absolute atomic E-state index is 13.2. The van der Waals surface area contributed by atoms with E-state index in [1.54, 1.807) is 0 Å². The molecule has 26 heavy (non-hydrogen) atoms. The third-order valence-corrected chi connectivity index (χ3v) is 4.58. The summed E-state index contributed by atoms with van der Waals surface area (Å²) in [4.78, 5) is 21.0. The van der Waals surface area contributed by atoms with E-state index in [-0.39, 0.29) is 16.7 Å². The summed E-state index contributed by atoms with van der Waals surface area (Å²) in [6.07, 6.45) is 0. The summed E-state index contributed by atoms with van der Waals surface area (Å²) in [5.41, 5.74) is 3.07. The molecule has 3 rings (SSSR count). The molecule has 1 heterocycles. The molecule has 4 nitrogen and oxygen atoms in total. The third-order valence-electron chi connectivity index (χ3n) is 3.44. The number of rotatable bonds is 5. The van der Waals surface area contributed by atoms with Crippen molar-refractivity contribution < 1.29 is 9.18 Å². The molecule has 2 aromatic carbocycles. The average Bonchev–Trinajstić information content (AvgIpc) is 2.63. The van der Waals surface area contributed by atoms with Crippen molar-refractivity contribution in [3.8, 4) is 11.3 Å². The summed E-state index contributed by atoms with van der Waals surface area (Å²) in [7, 11) is 0. The van der Waals surface area contributed by atoms with Crippen molar-refractivity contribution in [1.82, 2.24) is 9.97 Å². The van der Waals surface area contributed by atoms with Crippen molar-refractivity contribution in [2.24, 2.45) is 0 Å². The Hall–Kier alpha value is -2.44. The van der Waals surface area contributed by atoms with Gasteiger partial charge < -0.3 is 5.32 Å². The van der Waals surface area contributed by atoms with Gasteiger partial charge in [0.25, 0.3) is 0 Å². The number of nitrogens with one attached hydrogen (secondary N) is 1. The number of aryl methyl sites for hydroxylation is 1. The molecule has 0 aliphatic heterocycles. The predicted octanol–water partition coefficient (Wildman–Crippen LogP) is 4.98. The second kappa shape index (κ2) is 8.29. The van der Waals surface area contributed by atoms with Gasteiger partial charge in [0.2, 0.25) is 5.91 Å². The molecule has 3 aromatic rings. The molecular formula is C19H15ClFN3OS. The Morgan fingerprint density at radius 1 is 1.15 bits per heavy atom. The van der Waals surface area contributed by atoms with E-state index in [1.807, 2.05) is 43.3 Å². The van der Waals surface area contributed by atoms with E-state index in [1.165, 1.54) is 30.0 Å². The van der Waals surface area contributed by atoms with Crippen LogP contribution in [-0.4, -0.2) is 21.6 Å². The molecule has 0 radical (unpaired) electrons. The zero-order chi connectivity index (χ0) is 18.5. The van der Waals surface area contributed by atoms with Gasteiger partial charge in [0.15, 0.2) is 5.16 Å². The largest absolute Gasteiger partial charge is 0.325 e. The highest BCUT2D eigenvalue weighted by Crippen LogP contribution is 2.23. The van der Waals surface area contributed by atoms with E-state index >= 15 is 0 Å². The van der Waals surface area contributed by atoms with Crippen LogP contribution in [0, 0.1) is 12.7 Å². The Labute approximate surface area is 159 Å². The lowest BCUT2D eigenvalue weighted by atomic mass is 10.1. The van der Waals surface area contributed by atoms with E-state index in [9.17, 15) is 9.18 Å². The Balaban J connectivity index is 1.66. The van der Waals surface area contributed by atoms with E-state index < -0.39 is 5.82 Å². The molecule has 7 heteroatoms. The molecule has 0 aliphatic rings. The molecule has 0 bridgehead atoms. The van der Waals surface area contributed by atoms with Gasteiger partial charge in [-0.05, 0) is 31.2 Å². The van der Waals surface area contributed by atoms with Crippen LogP contribution in [0.2, 0.25) is 5.02 Å². The van der Waals surface area contributed by atoms with Gasteiger partial charge in [-0.3, -0.25) is 4.79 Å². The van der Waals surface area contributed by atoms with Crippen LogP contribution in [0.1, 0.15) is 5.69 Å². The quantitative estimate of drug-likeness (QED) is 0.495.